The molecule has 0 amide bonds. The van der Waals surface area contributed by atoms with Gasteiger partial charge in [-0.3, -0.25) is 4.98 Å². The zero-order valence-corrected chi connectivity index (χ0v) is 6.51. The topological polar surface area (TPSA) is 76.0 Å². The summed E-state index contributed by atoms with van der Waals surface area (Å²) in [5.41, 5.74) is 0.848. The number of carboxylic acids is 1. The first kappa shape index (κ1) is 7.60. The molecule has 2 aromatic rings. The summed E-state index contributed by atoms with van der Waals surface area (Å²) in [6, 6.07) is 3.44. The van der Waals surface area contributed by atoms with Crippen LogP contribution in [-0.2, 0) is 0 Å². The monoisotopic (exact) mass is 175 g/mol. The Bertz CT molecular complexity index is 470. The highest BCUT2D eigenvalue weighted by Crippen LogP contribution is 2.04. The van der Waals surface area contributed by atoms with Gasteiger partial charge in [0.2, 0.25) is 0 Å². The number of fused-ring (bicyclic) bond motifs is 1. The molecule has 2 heterocycles. The Hall–Kier alpha value is -2.04. The summed E-state index contributed by atoms with van der Waals surface area (Å²) in [4.78, 5) is 22.1. The SMILES string of the molecule is O=C(O)c1cnc2cccnc2n1. The summed E-state index contributed by atoms with van der Waals surface area (Å²) in [6.07, 6.45) is 2.76. The Labute approximate surface area is 73.1 Å². The number of carbonyl (C=O) groups is 1. The lowest BCUT2D eigenvalue weighted by molar-refractivity contribution is 0.0690. The summed E-state index contributed by atoms with van der Waals surface area (Å²) >= 11 is 0. The maximum atomic E-state index is 10.5. The van der Waals surface area contributed by atoms with E-state index in [0.717, 1.165) is 0 Å². The molecule has 64 valence electrons. The zero-order valence-electron chi connectivity index (χ0n) is 6.51. The fourth-order valence-electron chi connectivity index (χ4n) is 0.952. The van der Waals surface area contributed by atoms with Crippen LogP contribution in [-0.4, -0.2) is 26.0 Å². The van der Waals surface area contributed by atoms with Crippen LogP contribution < -0.4 is 0 Å². The molecule has 0 radical (unpaired) electrons. The number of aromatic carboxylic acids is 1. The van der Waals surface area contributed by atoms with E-state index in [-0.39, 0.29) is 5.69 Å². The molecule has 13 heavy (non-hydrogen) atoms. The van der Waals surface area contributed by atoms with Crippen molar-refractivity contribution in [2.24, 2.45) is 0 Å². The predicted octanol–water partition coefficient (Wildman–Crippen LogP) is 0.723. The number of rotatable bonds is 1. The van der Waals surface area contributed by atoms with E-state index in [4.69, 9.17) is 5.11 Å². The molecular formula is C8H5N3O2. The van der Waals surface area contributed by atoms with Crippen LogP contribution in [0.2, 0.25) is 0 Å². The number of carboxylic acid groups (broad SMARTS) is 1. The molecule has 0 saturated heterocycles. The minimum absolute atomic E-state index is 0.0915. The van der Waals surface area contributed by atoms with Crippen LogP contribution in [0.1, 0.15) is 10.5 Å². The molecule has 0 aliphatic heterocycles. The lowest BCUT2D eigenvalue weighted by Crippen LogP contribution is -2.01. The average Bonchev–Trinajstić information content (AvgIpc) is 2.17. The van der Waals surface area contributed by atoms with E-state index in [1.54, 1.807) is 18.3 Å². The van der Waals surface area contributed by atoms with Crippen molar-refractivity contribution in [3.63, 3.8) is 0 Å². The first-order valence-electron chi connectivity index (χ1n) is 3.58. The second-order valence-corrected chi connectivity index (χ2v) is 2.41. The van der Waals surface area contributed by atoms with E-state index in [1.807, 2.05) is 0 Å². The van der Waals surface area contributed by atoms with Crippen molar-refractivity contribution in [2.75, 3.05) is 0 Å². The van der Waals surface area contributed by atoms with Gasteiger partial charge in [-0.15, -0.1) is 0 Å². The highest BCUT2D eigenvalue weighted by Gasteiger charge is 2.05. The van der Waals surface area contributed by atoms with Crippen molar-refractivity contribution in [3.8, 4) is 0 Å². The molecule has 0 aliphatic carbocycles. The Kier molecular flexibility index (Phi) is 1.63. The maximum Gasteiger partial charge on any atom is 0.356 e. The van der Waals surface area contributed by atoms with E-state index in [9.17, 15) is 4.79 Å². The third kappa shape index (κ3) is 1.31. The standard InChI is InChI=1S/C8H5N3O2/c12-8(13)6-4-10-5-2-1-3-9-7(5)11-6/h1-4H,(H,12,13). The van der Waals surface area contributed by atoms with Gasteiger partial charge in [0.15, 0.2) is 11.3 Å². The zero-order chi connectivity index (χ0) is 9.26. The van der Waals surface area contributed by atoms with Gasteiger partial charge in [-0.2, -0.15) is 0 Å². The third-order valence-corrected chi connectivity index (χ3v) is 1.54. The van der Waals surface area contributed by atoms with Gasteiger partial charge in [0.1, 0.15) is 5.52 Å². The largest absolute Gasteiger partial charge is 0.476 e. The van der Waals surface area contributed by atoms with E-state index in [2.05, 4.69) is 15.0 Å². The molecule has 2 aromatic heterocycles. The number of hydrogen-bond acceptors (Lipinski definition) is 4. The van der Waals surface area contributed by atoms with E-state index < -0.39 is 5.97 Å². The Morgan fingerprint density at radius 2 is 2.23 bits per heavy atom. The van der Waals surface area contributed by atoms with Gasteiger partial charge in [-0.1, -0.05) is 0 Å². The first-order valence-corrected chi connectivity index (χ1v) is 3.58. The molecule has 0 aromatic carbocycles. The minimum Gasteiger partial charge on any atom is -0.476 e. The molecule has 0 bridgehead atoms. The molecular weight excluding hydrogens is 170 g/mol. The second kappa shape index (κ2) is 2.78. The fraction of sp³-hybridized carbons (Fsp3) is 0. The van der Waals surface area contributed by atoms with E-state index in [1.165, 1.54) is 6.20 Å². The number of hydrogen-bond donors (Lipinski definition) is 1. The van der Waals surface area contributed by atoms with Gasteiger partial charge in [-0.25, -0.2) is 14.8 Å². The van der Waals surface area contributed by atoms with Crippen molar-refractivity contribution in [1.29, 1.82) is 0 Å². The van der Waals surface area contributed by atoms with Crippen molar-refractivity contribution in [3.05, 3.63) is 30.2 Å². The lowest BCUT2D eigenvalue weighted by atomic mass is 10.4. The van der Waals surface area contributed by atoms with Crippen LogP contribution in [0, 0.1) is 0 Å². The van der Waals surface area contributed by atoms with Gasteiger partial charge in [0.25, 0.3) is 0 Å². The summed E-state index contributed by atoms with van der Waals surface area (Å²) < 4.78 is 0. The number of nitrogens with zero attached hydrogens (tertiary/aromatic N) is 3. The smallest absolute Gasteiger partial charge is 0.356 e. The van der Waals surface area contributed by atoms with Crippen molar-refractivity contribution < 1.29 is 9.90 Å². The van der Waals surface area contributed by atoms with Gasteiger partial charge in [-0.05, 0) is 12.1 Å². The summed E-state index contributed by atoms with van der Waals surface area (Å²) in [7, 11) is 0. The van der Waals surface area contributed by atoms with Crippen LogP contribution in [0.5, 0.6) is 0 Å². The quantitative estimate of drug-likeness (QED) is 0.691. The van der Waals surface area contributed by atoms with Gasteiger partial charge < -0.3 is 5.11 Å². The lowest BCUT2D eigenvalue weighted by Gasteiger charge is -1.95. The number of pyridine rings is 1. The van der Waals surface area contributed by atoms with E-state index >= 15 is 0 Å². The molecule has 0 atom stereocenters. The molecule has 1 N–H and O–H groups in total. The third-order valence-electron chi connectivity index (χ3n) is 1.54. The Balaban J connectivity index is 2.69. The molecule has 0 spiro atoms. The number of aromatic nitrogens is 3. The Morgan fingerprint density at radius 3 is 3.00 bits per heavy atom. The summed E-state index contributed by atoms with van der Waals surface area (Å²) in [6.45, 7) is 0. The Morgan fingerprint density at radius 1 is 1.38 bits per heavy atom. The average molecular weight is 175 g/mol. The maximum absolute atomic E-state index is 10.5. The molecule has 5 nitrogen and oxygen atoms in total. The first-order chi connectivity index (χ1) is 6.27. The van der Waals surface area contributed by atoms with Crippen LogP contribution in [0.15, 0.2) is 24.5 Å². The highest BCUT2D eigenvalue weighted by atomic mass is 16.4. The van der Waals surface area contributed by atoms with Crippen molar-refractivity contribution >= 4 is 17.1 Å². The van der Waals surface area contributed by atoms with Crippen LogP contribution in [0.25, 0.3) is 11.2 Å². The fourth-order valence-corrected chi connectivity index (χ4v) is 0.952. The molecule has 2 rings (SSSR count). The van der Waals surface area contributed by atoms with Gasteiger partial charge in [0, 0.05) is 6.20 Å². The summed E-state index contributed by atoms with van der Waals surface area (Å²) in [5, 5.41) is 8.61. The van der Waals surface area contributed by atoms with Gasteiger partial charge in [0.05, 0.1) is 6.20 Å². The minimum atomic E-state index is -1.10. The van der Waals surface area contributed by atoms with Crippen LogP contribution in [0.4, 0.5) is 0 Å². The summed E-state index contributed by atoms with van der Waals surface area (Å²) in [5.74, 6) is -1.10. The molecule has 5 heteroatoms. The highest BCUT2D eigenvalue weighted by molar-refractivity contribution is 5.87. The molecule has 0 fully saturated rings. The van der Waals surface area contributed by atoms with Crippen LogP contribution >= 0.6 is 0 Å². The van der Waals surface area contributed by atoms with Crippen molar-refractivity contribution in [1.82, 2.24) is 15.0 Å². The normalized spacial score (nSPS) is 10.2. The van der Waals surface area contributed by atoms with Gasteiger partial charge >= 0.3 is 5.97 Å². The molecule has 0 saturated carbocycles. The van der Waals surface area contributed by atoms with E-state index in [0.29, 0.717) is 11.2 Å². The van der Waals surface area contributed by atoms with Crippen LogP contribution in [0.3, 0.4) is 0 Å². The van der Waals surface area contributed by atoms with Crippen molar-refractivity contribution in [2.45, 2.75) is 0 Å². The molecule has 0 unspecified atom stereocenters. The molecule has 0 aliphatic rings. The predicted molar refractivity (Wildman–Crippen MR) is 44.3 cm³/mol. The second-order valence-electron chi connectivity index (χ2n) is 2.41.